The molecule has 2 atom stereocenters. The van der Waals surface area contributed by atoms with Crippen LogP contribution in [0.5, 0.6) is 0 Å². The minimum Gasteiger partial charge on any atom is -0.462 e. The van der Waals surface area contributed by atoms with Crippen LogP contribution >= 0.6 is 0 Å². The molecule has 0 aromatic carbocycles. The van der Waals surface area contributed by atoms with E-state index in [0.717, 1.165) is 25.7 Å². The lowest BCUT2D eigenvalue weighted by molar-refractivity contribution is -0.150. The molecule has 0 aliphatic carbocycles. The normalized spacial score (nSPS) is 28.5. The van der Waals surface area contributed by atoms with Crippen LogP contribution < -0.4 is 0 Å². The number of hydrogen-bond donors (Lipinski definition) is 1. The number of carbonyl (C=O) groups is 1. The summed E-state index contributed by atoms with van der Waals surface area (Å²) in [6.07, 6.45) is 7.61. The molecular formula is C12H20O3. The lowest BCUT2D eigenvalue weighted by Crippen LogP contribution is -2.23. The standard InChI is InChI=1S/C12H20O3/c1-2-6-11-9-10(13)7-4-3-5-8-12(14)15-11/h4,7,10-11,13H,2-3,5-6,8-9H2,1H3/t10-,11+/m0/s1. The van der Waals surface area contributed by atoms with Crippen LogP contribution in [0.2, 0.25) is 0 Å². The minimum absolute atomic E-state index is 0.125. The third-order valence-electron chi connectivity index (χ3n) is 2.52. The maximum absolute atomic E-state index is 11.4. The number of allylic oxidation sites excluding steroid dienone is 1. The van der Waals surface area contributed by atoms with Gasteiger partial charge in [-0.3, -0.25) is 4.79 Å². The largest absolute Gasteiger partial charge is 0.462 e. The Kier molecular flexibility index (Phi) is 5.40. The first-order chi connectivity index (χ1) is 7.22. The summed E-state index contributed by atoms with van der Waals surface area (Å²) in [5.74, 6) is -0.129. The van der Waals surface area contributed by atoms with Crippen molar-refractivity contribution >= 4 is 5.97 Å². The first kappa shape index (κ1) is 12.2. The number of cyclic esters (lactones) is 1. The third-order valence-corrected chi connectivity index (χ3v) is 2.52. The van der Waals surface area contributed by atoms with Crippen molar-refractivity contribution in [2.24, 2.45) is 0 Å². The van der Waals surface area contributed by atoms with Crippen molar-refractivity contribution in [1.29, 1.82) is 0 Å². The second-order valence-corrected chi connectivity index (χ2v) is 4.02. The molecule has 0 unspecified atom stereocenters. The van der Waals surface area contributed by atoms with Gasteiger partial charge in [0.05, 0.1) is 6.10 Å². The summed E-state index contributed by atoms with van der Waals surface area (Å²) in [7, 11) is 0. The smallest absolute Gasteiger partial charge is 0.306 e. The predicted molar refractivity (Wildman–Crippen MR) is 58.4 cm³/mol. The summed E-state index contributed by atoms with van der Waals surface area (Å²) in [6, 6.07) is 0. The maximum atomic E-state index is 11.4. The zero-order valence-corrected chi connectivity index (χ0v) is 9.32. The van der Waals surface area contributed by atoms with Crippen LogP contribution in [-0.2, 0) is 9.53 Å². The summed E-state index contributed by atoms with van der Waals surface area (Å²) in [5.41, 5.74) is 0. The van der Waals surface area contributed by atoms with Crippen molar-refractivity contribution in [2.75, 3.05) is 0 Å². The van der Waals surface area contributed by atoms with Crippen molar-refractivity contribution < 1.29 is 14.6 Å². The average Bonchev–Trinajstić information content (AvgIpc) is 2.17. The molecule has 0 spiro atoms. The van der Waals surface area contributed by atoms with E-state index in [1.54, 1.807) is 0 Å². The molecule has 3 heteroatoms. The van der Waals surface area contributed by atoms with Gasteiger partial charge in [0.1, 0.15) is 6.10 Å². The SMILES string of the molecule is CCC[C@@H]1C[C@@H](O)C=CCCCC(=O)O1. The van der Waals surface area contributed by atoms with Gasteiger partial charge in [-0.2, -0.15) is 0 Å². The van der Waals surface area contributed by atoms with Gasteiger partial charge in [0.15, 0.2) is 0 Å². The molecule has 0 radical (unpaired) electrons. The van der Waals surface area contributed by atoms with Crippen molar-refractivity contribution in [3.8, 4) is 0 Å². The molecule has 1 heterocycles. The molecule has 0 aromatic heterocycles. The van der Waals surface area contributed by atoms with Crippen LogP contribution in [-0.4, -0.2) is 23.3 Å². The molecule has 1 rings (SSSR count). The molecular weight excluding hydrogens is 192 g/mol. The average molecular weight is 212 g/mol. The van der Waals surface area contributed by atoms with Crippen molar-refractivity contribution in [1.82, 2.24) is 0 Å². The molecule has 1 aliphatic rings. The highest BCUT2D eigenvalue weighted by Crippen LogP contribution is 2.14. The lowest BCUT2D eigenvalue weighted by Gasteiger charge is -2.20. The highest BCUT2D eigenvalue weighted by molar-refractivity contribution is 5.69. The third kappa shape index (κ3) is 4.98. The molecule has 0 aromatic rings. The molecule has 15 heavy (non-hydrogen) atoms. The number of aliphatic hydroxyl groups is 1. The number of carbonyl (C=O) groups excluding carboxylic acids is 1. The molecule has 0 amide bonds. The summed E-state index contributed by atoms with van der Waals surface area (Å²) in [6.45, 7) is 2.05. The van der Waals surface area contributed by atoms with E-state index in [4.69, 9.17) is 4.74 Å². The first-order valence-electron chi connectivity index (χ1n) is 5.76. The van der Waals surface area contributed by atoms with Gasteiger partial charge in [-0.05, 0) is 19.3 Å². The van der Waals surface area contributed by atoms with E-state index in [1.165, 1.54) is 0 Å². The lowest BCUT2D eigenvalue weighted by atomic mass is 10.1. The van der Waals surface area contributed by atoms with E-state index in [0.29, 0.717) is 12.8 Å². The fourth-order valence-electron chi connectivity index (χ4n) is 1.76. The van der Waals surface area contributed by atoms with E-state index in [2.05, 4.69) is 6.92 Å². The van der Waals surface area contributed by atoms with E-state index in [1.807, 2.05) is 12.2 Å². The highest BCUT2D eigenvalue weighted by Gasteiger charge is 2.17. The Bertz CT molecular complexity index is 223. The summed E-state index contributed by atoms with van der Waals surface area (Å²) in [4.78, 5) is 11.4. The second-order valence-electron chi connectivity index (χ2n) is 4.02. The first-order valence-corrected chi connectivity index (χ1v) is 5.76. The number of aliphatic hydroxyl groups excluding tert-OH is 1. The van der Waals surface area contributed by atoms with Crippen LogP contribution in [0.25, 0.3) is 0 Å². The van der Waals surface area contributed by atoms with Gasteiger partial charge in [-0.1, -0.05) is 25.5 Å². The summed E-state index contributed by atoms with van der Waals surface area (Å²) < 4.78 is 5.30. The summed E-state index contributed by atoms with van der Waals surface area (Å²) in [5, 5.41) is 9.64. The van der Waals surface area contributed by atoms with Gasteiger partial charge in [0.2, 0.25) is 0 Å². The highest BCUT2D eigenvalue weighted by atomic mass is 16.5. The van der Waals surface area contributed by atoms with Gasteiger partial charge in [0, 0.05) is 12.8 Å². The van der Waals surface area contributed by atoms with Gasteiger partial charge >= 0.3 is 5.97 Å². The zero-order valence-electron chi connectivity index (χ0n) is 9.32. The molecule has 0 fully saturated rings. The van der Waals surface area contributed by atoms with E-state index >= 15 is 0 Å². The Balaban J connectivity index is 2.55. The van der Waals surface area contributed by atoms with E-state index in [-0.39, 0.29) is 12.1 Å². The number of esters is 1. The monoisotopic (exact) mass is 212 g/mol. The molecule has 0 saturated heterocycles. The Morgan fingerprint density at radius 2 is 2.40 bits per heavy atom. The Morgan fingerprint density at radius 3 is 3.13 bits per heavy atom. The van der Waals surface area contributed by atoms with Crippen molar-refractivity contribution in [2.45, 2.75) is 57.7 Å². The molecule has 86 valence electrons. The molecule has 0 bridgehead atoms. The Hall–Kier alpha value is -0.830. The van der Waals surface area contributed by atoms with Crippen molar-refractivity contribution in [3.05, 3.63) is 12.2 Å². The number of ether oxygens (including phenoxy) is 1. The fourth-order valence-corrected chi connectivity index (χ4v) is 1.76. The molecule has 1 aliphatic heterocycles. The quantitative estimate of drug-likeness (QED) is 0.563. The van der Waals surface area contributed by atoms with Crippen LogP contribution in [0.1, 0.15) is 45.4 Å². The van der Waals surface area contributed by atoms with Gasteiger partial charge < -0.3 is 9.84 Å². The van der Waals surface area contributed by atoms with Crippen LogP contribution in [0, 0.1) is 0 Å². The number of hydrogen-bond acceptors (Lipinski definition) is 3. The fraction of sp³-hybridized carbons (Fsp3) is 0.750. The van der Waals surface area contributed by atoms with E-state index < -0.39 is 6.10 Å². The molecule has 1 N–H and O–H groups in total. The van der Waals surface area contributed by atoms with Crippen molar-refractivity contribution in [3.63, 3.8) is 0 Å². The zero-order chi connectivity index (χ0) is 11.1. The second kappa shape index (κ2) is 6.62. The van der Waals surface area contributed by atoms with Gasteiger partial charge in [-0.15, -0.1) is 0 Å². The summed E-state index contributed by atoms with van der Waals surface area (Å²) >= 11 is 0. The topological polar surface area (TPSA) is 46.5 Å². The maximum Gasteiger partial charge on any atom is 0.306 e. The van der Waals surface area contributed by atoms with Crippen LogP contribution in [0.3, 0.4) is 0 Å². The van der Waals surface area contributed by atoms with Crippen LogP contribution in [0.15, 0.2) is 12.2 Å². The Labute approximate surface area is 91.1 Å². The number of rotatable bonds is 2. The van der Waals surface area contributed by atoms with Gasteiger partial charge in [-0.25, -0.2) is 0 Å². The minimum atomic E-state index is -0.479. The molecule has 0 saturated carbocycles. The molecule has 3 nitrogen and oxygen atoms in total. The van der Waals surface area contributed by atoms with Gasteiger partial charge in [0.25, 0.3) is 0 Å². The van der Waals surface area contributed by atoms with Crippen LogP contribution in [0.4, 0.5) is 0 Å². The van der Waals surface area contributed by atoms with E-state index in [9.17, 15) is 9.90 Å². The predicted octanol–water partition coefficient (Wildman–Crippen LogP) is 2.19. The Morgan fingerprint density at radius 1 is 1.60 bits per heavy atom.